The van der Waals surface area contributed by atoms with Gasteiger partial charge in [-0.05, 0) is 16.7 Å². The highest BCUT2D eigenvalue weighted by Crippen LogP contribution is 2.51. The van der Waals surface area contributed by atoms with Gasteiger partial charge in [-0.1, -0.05) is 104 Å². The lowest BCUT2D eigenvalue weighted by molar-refractivity contribution is -0.159. The van der Waals surface area contributed by atoms with E-state index in [1.807, 2.05) is 91.0 Å². The van der Waals surface area contributed by atoms with Crippen LogP contribution in [0.15, 0.2) is 104 Å². The summed E-state index contributed by atoms with van der Waals surface area (Å²) < 4.78 is 41.1. The molecule has 0 spiro atoms. The maximum absolute atomic E-state index is 13.5. The summed E-state index contributed by atoms with van der Waals surface area (Å²) in [6.07, 6.45) is 0.299. The summed E-state index contributed by atoms with van der Waals surface area (Å²) in [4.78, 5) is 12.6. The van der Waals surface area contributed by atoms with Crippen LogP contribution >= 0.6 is 7.82 Å². The molecule has 0 aliphatic heterocycles. The van der Waals surface area contributed by atoms with E-state index in [2.05, 4.69) is 6.58 Å². The molecule has 0 aliphatic rings. The summed E-state index contributed by atoms with van der Waals surface area (Å²) in [5.74, 6) is -0.668. The molecule has 0 aliphatic carbocycles. The summed E-state index contributed by atoms with van der Waals surface area (Å²) >= 11 is 0. The number of rotatable bonds is 15. The van der Waals surface area contributed by atoms with Gasteiger partial charge >= 0.3 is 13.8 Å². The number of phosphoric ester groups is 1. The minimum absolute atomic E-state index is 0.00333. The fourth-order valence-electron chi connectivity index (χ4n) is 2.92. The van der Waals surface area contributed by atoms with Crippen LogP contribution in [0.5, 0.6) is 0 Å². The Morgan fingerprint density at radius 1 is 0.743 bits per heavy atom. The Morgan fingerprint density at radius 2 is 1.20 bits per heavy atom. The smallest absolute Gasteiger partial charge is 0.459 e. The Hall–Kier alpha value is -3.06. The Balaban J connectivity index is 1.68. The molecule has 3 aromatic rings. The van der Waals surface area contributed by atoms with E-state index in [1.54, 1.807) is 0 Å². The van der Waals surface area contributed by atoms with E-state index in [9.17, 15) is 9.36 Å². The maximum atomic E-state index is 13.5. The van der Waals surface area contributed by atoms with Crippen molar-refractivity contribution in [1.82, 2.24) is 0 Å². The number of carbonyl (C=O) groups excluding carboxylic acids is 1. The molecule has 1 unspecified atom stereocenters. The van der Waals surface area contributed by atoms with E-state index in [-0.39, 0.29) is 33.0 Å². The molecular weight excluding hydrogens is 467 g/mol. The molecule has 0 saturated carbocycles. The molecule has 0 N–H and O–H groups in total. The van der Waals surface area contributed by atoms with Crippen LogP contribution < -0.4 is 0 Å². The van der Waals surface area contributed by atoms with Crippen molar-refractivity contribution in [1.29, 1.82) is 0 Å². The summed E-state index contributed by atoms with van der Waals surface area (Å²) in [7, 11) is -4.07. The molecule has 0 radical (unpaired) electrons. The molecule has 0 saturated heterocycles. The average molecular weight is 496 g/mol. The van der Waals surface area contributed by atoms with Crippen LogP contribution in [0.2, 0.25) is 0 Å². The van der Waals surface area contributed by atoms with E-state index in [0.29, 0.717) is 0 Å². The van der Waals surface area contributed by atoms with E-state index in [1.165, 1.54) is 6.08 Å². The van der Waals surface area contributed by atoms with Gasteiger partial charge in [0.15, 0.2) is 6.10 Å². The van der Waals surface area contributed by atoms with Gasteiger partial charge in [0, 0.05) is 0 Å². The molecule has 3 rings (SSSR count). The molecule has 0 heterocycles. The predicted molar refractivity (Wildman–Crippen MR) is 132 cm³/mol. The third-order valence-corrected chi connectivity index (χ3v) is 6.10. The van der Waals surface area contributed by atoms with Gasteiger partial charge < -0.3 is 9.47 Å². The van der Waals surface area contributed by atoms with E-state index in [0.717, 1.165) is 16.7 Å². The molecule has 35 heavy (non-hydrogen) atoms. The summed E-state index contributed by atoms with van der Waals surface area (Å²) in [6, 6.07) is 27.8. The second-order valence-electron chi connectivity index (χ2n) is 7.47. The van der Waals surface area contributed by atoms with Crippen molar-refractivity contribution < 1.29 is 32.4 Å². The fraction of sp³-hybridized carbons (Fsp3) is 0.222. The van der Waals surface area contributed by atoms with Crippen molar-refractivity contribution in [3.8, 4) is 0 Å². The first kappa shape index (κ1) is 26.5. The molecule has 0 bridgehead atoms. The first-order valence-electron chi connectivity index (χ1n) is 11.1. The van der Waals surface area contributed by atoms with Gasteiger partial charge in [0.2, 0.25) is 0 Å². The van der Waals surface area contributed by atoms with Gasteiger partial charge in [-0.3, -0.25) is 13.6 Å². The van der Waals surface area contributed by atoms with Crippen LogP contribution in [0.4, 0.5) is 0 Å². The number of ether oxygens (including phenoxy) is 2. The Morgan fingerprint density at radius 3 is 1.66 bits per heavy atom. The summed E-state index contributed by atoms with van der Waals surface area (Å²) in [6.45, 7) is 3.31. The number of hydrogen-bond donors (Lipinski definition) is 0. The predicted octanol–water partition coefficient (Wildman–Crippen LogP) is 5.86. The molecule has 3 aromatic carbocycles. The molecule has 1 atom stereocenters. The van der Waals surface area contributed by atoms with Crippen molar-refractivity contribution >= 4 is 13.8 Å². The Kier molecular flexibility index (Phi) is 10.9. The number of carbonyl (C=O) groups is 1. The van der Waals surface area contributed by atoms with Crippen LogP contribution in [0.25, 0.3) is 0 Å². The average Bonchev–Trinajstić information content (AvgIpc) is 2.91. The number of benzene rings is 3. The number of esters is 1. The van der Waals surface area contributed by atoms with Crippen molar-refractivity contribution in [2.45, 2.75) is 25.9 Å². The van der Waals surface area contributed by atoms with Crippen molar-refractivity contribution in [3.05, 3.63) is 120 Å². The second kappa shape index (κ2) is 14.4. The highest BCUT2D eigenvalue weighted by Gasteiger charge is 2.31. The minimum atomic E-state index is -4.07. The first-order valence-corrected chi connectivity index (χ1v) is 12.6. The highest BCUT2D eigenvalue weighted by molar-refractivity contribution is 7.48. The zero-order valence-electron chi connectivity index (χ0n) is 19.4. The quantitative estimate of drug-likeness (QED) is 0.148. The maximum Gasteiger partial charge on any atom is 0.475 e. The molecule has 0 fully saturated rings. The first-order chi connectivity index (χ1) is 17.1. The van der Waals surface area contributed by atoms with Gasteiger partial charge in [0.25, 0.3) is 0 Å². The Labute approximate surface area is 205 Å². The zero-order chi connectivity index (χ0) is 24.8. The van der Waals surface area contributed by atoms with Gasteiger partial charge in [0.1, 0.15) is 6.61 Å². The minimum Gasteiger partial charge on any atom is -0.459 e. The van der Waals surface area contributed by atoms with Gasteiger partial charge in [0.05, 0.1) is 26.4 Å². The van der Waals surface area contributed by atoms with Crippen molar-refractivity contribution in [2.24, 2.45) is 0 Å². The highest BCUT2D eigenvalue weighted by atomic mass is 31.2. The van der Waals surface area contributed by atoms with Crippen LogP contribution in [0.1, 0.15) is 16.7 Å². The second-order valence-corrected chi connectivity index (χ2v) is 9.13. The SMILES string of the molecule is C=CCOC(=O)C(COP(=O)(OCc1ccccc1)OCc1ccccc1)OCc1ccccc1. The number of hydrogen-bond acceptors (Lipinski definition) is 7. The van der Waals surface area contributed by atoms with Crippen molar-refractivity contribution in [3.63, 3.8) is 0 Å². The van der Waals surface area contributed by atoms with Gasteiger partial charge in [-0.15, -0.1) is 0 Å². The third-order valence-electron chi connectivity index (χ3n) is 4.75. The van der Waals surface area contributed by atoms with Crippen LogP contribution in [-0.2, 0) is 52.2 Å². The molecular formula is C27H29O7P. The standard InChI is InChI=1S/C27H29O7P/c1-2-18-30-27(28)26(31-19-23-12-6-3-7-13-23)22-34-35(29,32-20-24-14-8-4-9-15-24)33-21-25-16-10-5-11-17-25/h2-17,26H,1,18-22H2. The van der Waals surface area contributed by atoms with Crippen molar-refractivity contribution in [2.75, 3.05) is 13.2 Å². The fourth-order valence-corrected chi connectivity index (χ4v) is 4.07. The summed E-state index contributed by atoms with van der Waals surface area (Å²) in [5.41, 5.74) is 2.45. The lowest BCUT2D eigenvalue weighted by atomic mass is 10.2. The van der Waals surface area contributed by atoms with Gasteiger partial charge in [-0.25, -0.2) is 9.36 Å². The number of phosphoric acid groups is 1. The largest absolute Gasteiger partial charge is 0.475 e. The topological polar surface area (TPSA) is 80.3 Å². The molecule has 0 aromatic heterocycles. The van der Waals surface area contributed by atoms with E-state index >= 15 is 0 Å². The van der Waals surface area contributed by atoms with Gasteiger partial charge in [-0.2, -0.15) is 0 Å². The van der Waals surface area contributed by atoms with Crippen LogP contribution in [0.3, 0.4) is 0 Å². The molecule has 7 nitrogen and oxygen atoms in total. The monoisotopic (exact) mass is 496 g/mol. The van der Waals surface area contributed by atoms with E-state index in [4.69, 9.17) is 23.0 Å². The lowest BCUT2D eigenvalue weighted by Gasteiger charge is -2.21. The van der Waals surface area contributed by atoms with Crippen LogP contribution in [-0.4, -0.2) is 25.3 Å². The molecule has 184 valence electrons. The summed E-state index contributed by atoms with van der Waals surface area (Å²) in [5, 5.41) is 0. The van der Waals surface area contributed by atoms with E-state index < -0.39 is 19.9 Å². The Bertz CT molecular complexity index is 1030. The normalized spacial score (nSPS) is 12.1. The zero-order valence-corrected chi connectivity index (χ0v) is 20.3. The lowest BCUT2D eigenvalue weighted by Crippen LogP contribution is -2.31. The molecule has 0 amide bonds. The molecule has 8 heteroatoms. The third kappa shape index (κ3) is 9.61. The van der Waals surface area contributed by atoms with Crippen LogP contribution in [0, 0.1) is 0 Å².